The fourth-order valence-corrected chi connectivity index (χ4v) is 0. The second-order valence-corrected chi connectivity index (χ2v) is 7.54. The molecule has 0 aliphatic rings. The maximum absolute atomic E-state index is 9.09. The Morgan fingerprint density at radius 2 is 1.86 bits per heavy atom. The van der Waals surface area contributed by atoms with Gasteiger partial charge < -0.3 is 10.5 Å². The van der Waals surface area contributed by atoms with Crippen molar-refractivity contribution in [1.82, 2.24) is 0 Å². The molecule has 44 valence electrons. The van der Waals surface area contributed by atoms with Gasteiger partial charge in [0, 0.05) is 5.41 Å². The van der Waals surface area contributed by atoms with Crippen LogP contribution >= 0.6 is 9.24 Å². The quantitative estimate of drug-likeness (QED) is 0.391. The summed E-state index contributed by atoms with van der Waals surface area (Å²) in [5, 5.41) is -0.0903. The molecule has 7 heavy (non-hydrogen) atoms. The van der Waals surface area contributed by atoms with Gasteiger partial charge in [0.25, 0.3) is 0 Å². The van der Waals surface area contributed by atoms with Gasteiger partial charge in [0.05, 0.1) is 0 Å². The number of hydrogen-bond acceptors (Lipinski definition) is 2. The minimum atomic E-state index is -1.99. The molecule has 0 amide bonds. The van der Waals surface area contributed by atoms with Crippen LogP contribution in [0.25, 0.3) is 0 Å². The third kappa shape index (κ3) is 3.18. The molecule has 0 aromatic heterocycles. The lowest BCUT2D eigenvalue weighted by Crippen LogP contribution is -2.43. The van der Waals surface area contributed by atoms with Gasteiger partial charge in [-0.15, -0.1) is 9.24 Å². The zero-order valence-electron chi connectivity index (χ0n) is 4.68. The Morgan fingerprint density at radius 3 is 1.86 bits per heavy atom. The molecule has 2 atom stereocenters. The fraction of sp³-hybridized carbons (Fsp3) is 1.00. The summed E-state index contributed by atoms with van der Waals surface area (Å²) >= 11 is 0. The van der Waals surface area contributed by atoms with Crippen molar-refractivity contribution in [2.24, 2.45) is 5.73 Å². The van der Waals surface area contributed by atoms with E-state index in [0.717, 1.165) is 0 Å². The largest absolute Gasteiger partial charge is 0.430 e. The molecule has 0 bridgehead atoms. The summed E-state index contributed by atoms with van der Waals surface area (Å²) < 4.78 is 0. The normalized spacial score (nSPS) is 16.7. The molecule has 0 spiro atoms. The number of hydrogen-bond donors (Lipinski definition) is 2. The van der Waals surface area contributed by atoms with E-state index in [-0.39, 0.29) is 5.41 Å². The van der Waals surface area contributed by atoms with Crippen molar-refractivity contribution >= 4 is 17.6 Å². The van der Waals surface area contributed by atoms with Crippen molar-refractivity contribution in [2.45, 2.75) is 18.5 Å². The molecule has 0 aliphatic carbocycles. The van der Waals surface area contributed by atoms with Crippen LogP contribution < -0.4 is 5.73 Å². The highest BCUT2D eigenvalue weighted by Gasteiger charge is 2.21. The van der Waals surface area contributed by atoms with Crippen molar-refractivity contribution in [2.75, 3.05) is 0 Å². The molecular formula is C3H12NOPSi. The predicted octanol–water partition coefficient (Wildman–Crippen LogP) is -0.117. The highest BCUT2D eigenvalue weighted by Crippen LogP contribution is 2.05. The first-order valence-corrected chi connectivity index (χ1v) is 5.87. The number of nitrogens with two attached hydrogens (primary N) is 1. The van der Waals surface area contributed by atoms with Crippen molar-refractivity contribution in [1.29, 1.82) is 0 Å². The highest BCUT2D eigenvalue weighted by molar-refractivity contribution is 7.24. The van der Waals surface area contributed by atoms with Crippen LogP contribution in [-0.2, 0) is 0 Å². The molecule has 2 nitrogen and oxygen atoms in total. The van der Waals surface area contributed by atoms with Gasteiger partial charge in [-0.25, -0.2) is 0 Å². The van der Waals surface area contributed by atoms with E-state index in [1.54, 1.807) is 0 Å². The SMILES string of the molecule is C[Si](C)(O)C(N)P. The van der Waals surface area contributed by atoms with E-state index in [1.165, 1.54) is 0 Å². The maximum Gasteiger partial charge on any atom is 0.202 e. The Morgan fingerprint density at radius 1 is 1.71 bits per heavy atom. The van der Waals surface area contributed by atoms with Gasteiger partial charge >= 0.3 is 0 Å². The second kappa shape index (κ2) is 2.22. The van der Waals surface area contributed by atoms with Gasteiger partial charge in [0.15, 0.2) is 0 Å². The monoisotopic (exact) mass is 137 g/mol. The first kappa shape index (κ1) is 7.57. The van der Waals surface area contributed by atoms with Crippen LogP contribution in [0.5, 0.6) is 0 Å². The molecule has 3 N–H and O–H groups in total. The summed E-state index contributed by atoms with van der Waals surface area (Å²) in [5.41, 5.74) is 5.34. The molecule has 0 saturated carbocycles. The summed E-state index contributed by atoms with van der Waals surface area (Å²) in [5.74, 6) is 0. The van der Waals surface area contributed by atoms with Crippen LogP contribution in [0.4, 0.5) is 0 Å². The third-order valence-corrected chi connectivity index (χ3v) is 4.89. The summed E-state index contributed by atoms with van der Waals surface area (Å²) in [6.07, 6.45) is 0. The van der Waals surface area contributed by atoms with Crippen molar-refractivity contribution in [3.05, 3.63) is 0 Å². The third-order valence-electron chi connectivity index (χ3n) is 0.816. The smallest absolute Gasteiger partial charge is 0.202 e. The van der Waals surface area contributed by atoms with Crippen LogP contribution in [0.15, 0.2) is 0 Å². The van der Waals surface area contributed by atoms with E-state index >= 15 is 0 Å². The standard InChI is InChI=1S/C3H12NOPSi/c1-7(2,5)3(4)6/h3,5H,4,6H2,1-2H3. The van der Waals surface area contributed by atoms with Gasteiger partial charge in [-0.1, -0.05) is 0 Å². The summed E-state index contributed by atoms with van der Waals surface area (Å²) in [7, 11) is 0.399. The topological polar surface area (TPSA) is 46.2 Å². The lowest BCUT2D eigenvalue weighted by Gasteiger charge is -2.17. The van der Waals surface area contributed by atoms with Gasteiger partial charge in [0.2, 0.25) is 8.32 Å². The first-order valence-electron chi connectivity index (χ1n) is 2.18. The van der Waals surface area contributed by atoms with Crippen LogP contribution in [0.3, 0.4) is 0 Å². The molecule has 0 heterocycles. The Bertz CT molecular complexity index is 60.4. The minimum Gasteiger partial charge on any atom is -0.430 e. The molecule has 0 radical (unpaired) electrons. The van der Waals surface area contributed by atoms with Crippen LogP contribution in [0.1, 0.15) is 0 Å². The van der Waals surface area contributed by atoms with E-state index in [4.69, 9.17) is 10.5 Å². The van der Waals surface area contributed by atoms with Crippen LogP contribution in [0.2, 0.25) is 13.1 Å². The van der Waals surface area contributed by atoms with Crippen molar-refractivity contribution in [3.63, 3.8) is 0 Å². The van der Waals surface area contributed by atoms with E-state index in [1.807, 2.05) is 13.1 Å². The maximum atomic E-state index is 9.09. The Hall–Kier alpha value is 0.567. The van der Waals surface area contributed by atoms with Gasteiger partial charge in [-0.05, 0) is 13.1 Å². The number of rotatable bonds is 1. The zero-order chi connectivity index (χ0) is 6.08. The summed E-state index contributed by atoms with van der Waals surface area (Å²) in [6.45, 7) is 3.62. The molecule has 2 unspecified atom stereocenters. The lowest BCUT2D eigenvalue weighted by atomic mass is 11.5. The van der Waals surface area contributed by atoms with Gasteiger partial charge in [0.1, 0.15) is 0 Å². The van der Waals surface area contributed by atoms with Gasteiger partial charge in [-0.3, -0.25) is 0 Å². The second-order valence-electron chi connectivity index (χ2n) is 2.18. The average molecular weight is 137 g/mol. The summed E-state index contributed by atoms with van der Waals surface area (Å²) in [6, 6.07) is 0. The molecule has 0 saturated heterocycles. The van der Waals surface area contributed by atoms with E-state index in [0.29, 0.717) is 0 Å². The summed E-state index contributed by atoms with van der Waals surface area (Å²) in [4.78, 5) is 9.09. The Kier molecular flexibility index (Phi) is 2.40. The molecule has 4 heteroatoms. The molecule has 0 aliphatic heterocycles. The van der Waals surface area contributed by atoms with E-state index in [2.05, 4.69) is 9.24 Å². The lowest BCUT2D eigenvalue weighted by molar-refractivity contribution is 0.546. The Labute approximate surface area is 47.4 Å². The van der Waals surface area contributed by atoms with Gasteiger partial charge in [-0.2, -0.15) is 0 Å². The minimum absolute atomic E-state index is 0.0903. The molecular weight excluding hydrogens is 125 g/mol. The zero-order valence-corrected chi connectivity index (χ0v) is 6.83. The molecule has 0 fully saturated rings. The fourth-order valence-electron chi connectivity index (χ4n) is 0. The first-order chi connectivity index (χ1) is 2.94. The van der Waals surface area contributed by atoms with Crippen LogP contribution in [0, 0.1) is 0 Å². The molecule has 0 aromatic rings. The van der Waals surface area contributed by atoms with Crippen molar-refractivity contribution < 1.29 is 4.80 Å². The van der Waals surface area contributed by atoms with Crippen molar-refractivity contribution in [3.8, 4) is 0 Å². The molecule has 0 aromatic carbocycles. The van der Waals surface area contributed by atoms with E-state index in [9.17, 15) is 0 Å². The average Bonchev–Trinajstić information content (AvgIpc) is 1.31. The Balaban J connectivity index is 3.54. The molecule has 0 rings (SSSR count). The predicted molar refractivity (Wildman–Crippen MR) is 37.4 cm³/mol. The highest BCUT2D eigenvalue weighted by atomic mass is 31.0. The van der Waals surface area contributed by atoms with E-state index < -0.39 is 8.32 Å². The van der Waals surface area contributed by atoms with Crippen LogP contribution in [-0.4, -0.2) is 18.5 Å².